The van der Waals surface area contributed by atoms with Crippen LogP contribution in [0.2, 0.25) is 0 Å². The molecule has 0 aliphatic carbocycles. The monoisotopic (exact) mass is 319 g/mol. The van der Waals surface area contributed by atoms with E-state index in [0.717, 1.165) is 5.39 Å². The van der Waals surface area contributed by atoms with Crippen LogP contribution in [0.5, 0.6) is 0 Å². The van der Waals surface area contributed by atoms with Gasteiger partial charge in [0.05, 0.1) is 11.1 Å². The van der Waals surface area contributed by atoms with Crippen molar-refractivity contribution in [3.05, 3.63) is 66.6 Å². The number of nitrogens with two attached hydrogens (primary N) is 1. The van der Waals surface area contributed by atoms with Crippen molar-refractivity contribution in [1.82, 2.24) is 19.3 Å². The number of rotatable bonds is 3. The second-order valence-electron chi connectivity index (χ2n) is 5.28. The molecular formula is C17H13N5O2. The number of aromatic nitrogens is 4. The van der Waals surface area contributed by atoms with Gasteiger partial charge in [0.15, 0.2) is 5.82 Å². The van der Waals surface area contributed by atoms with E-state index in [2.05, 4.69) is 9.97 Å². The molecule has 0 bridgehead atoms. The Hall–Kier alpha value is -3.61. The number of carboxylic acids is 1. The fraction of sp³-hybridized carbons (Fsp3) is 0. The summed E-state index contributed by atoms with van der Waals surface area (Å²) in [7, 11) is 0. The number of nitrogens with zero attached hydrogens (tertiary/aromatic N) is 4. The SMILES string of the molecule is Nc1nc(-c2cc(C(=O)O)cn2-n2cccc2)nc2ccccc12. The first kappa shape index (κ1) is 14.0. The number of aromatic carboxylic acids is 1. The zero-order valence-electron chi connectivity index (χ0n) is 12.5. The molecule has 0 spiro atoms. The number of carboxylic acid groups (broad SMARTS) is 1. The van der Waals surface area contributed by atoms with E-state index in [-0.39, 0.29) is 5.56 Å². The van der Waals surface area contributed by atoms with Gasteiger partial charge in [0.2, 0.25) is 0 Å². The summed E-state index contributed by atoms with van der Waals surface area (Å²) in [6, 6.07) is 12.7. The Morgan fingerprint density at radius 3 is 2.58 bits per heavy atom. The predicted octanol–water partition coefficient (Wildman–Crippen LogP) is 2.49. The van der Waals surface area contributed by atoms with Crippen LogP contribution in [0.15, 0.2) is 61.1 Å². The standard InChI is InChI=1S/C17H13N5O2/c18-15-12-5-1-2-6-13(12)19-16(20-15)14-9-11(17(23)24)10-22(14)21-7-3-4-8-21/h1-10H,(H,23,24)(H2,18,19,20). The van der Waals surface area contributed by atoms with E-state index in [9.17, 15) is 9.90 Å². The highest BCUT2D eigenvalue weighted by Crippen LogP contribution is 2.25. The summed E-state index contributed by atoms with van der Waals surface area (Å²) in [5, 5.41) is 10.1. The lowest BCUT2D eigenvalue weighted by Crippen LogP contribution is -2.08. The van der Waals surface area contributed by atoms with Crippen LogP contribution in [0.25, 0.3) is 22.4 Å². The van der Waals surface area contributed by atoms with Crippen molar-refractivity contribution in [2.45, 2.75) is 0 Å². The van der Waals surface area contributed by atoms with Gasteiger partial charge in [0, 0.05) is 24.0 Å². The third kappa shape index (κ3) is 2.19. The number of hydrogen-bond donors (Lipinski definition) is 2. The summed E-state index contributed by atoms with van der Waals surface area (Å²) in [6.45, 7) is 0. The molecule has 0 aliphatic rings. The molecule has 0 amide bonds. The smallest absolute Gasteiger partial charge is 0.337 e. The molecule has 1 aromatic carbocycles. The molecule has 7 heteroatoms. The van der Waals surface area contributed by atoms with Gasteiger partial charge >= 0.3 is 5.97 Å². The summed E-state index contributed by atoms with van der Waals surface area (Å²) in [4.78, 5) is 20.2. The molecule has 3 aromatic heterocycles. The fourth-order valence-electron chi connectivity index (χ4n) is 2.61. The van der Waals surface area contributed by atoms with Crippen molar-refractivity contribution in [1.29, 1.82) is 0 Å². The molecule has 0 unspecified atom stereocenters. The number of nitrogen functional groups attached to an aromatic ring is 1. The topological polar surface area (TPSA) is 99.0 Å². The molecule has 3 heterocycles. The van der Waals surface area contributed by atoms with Gasteiger partial charge in [0.25, 0.3) is 0 Å². The van der Waals surface area contributed by atoms with Gasteiger partial charge in [-0.1, -0.05) is 12.1 Å². The third-order valence-electron chi connectivity index (χ3n) is 3.75. The number of para-hydroxylation sites is 1. The highest BCUT2D eigenvalue weighted by Gasteiger charge is 2.17. The maximum absolute atomic E-state index is 11.4. The lowest BCUT2D eigenvalue weighted by atomic mass is 10.2. The molecule has 3 N–H and O–H groups in total. The van der Waals surface area contributed by atoms with Crippen molar-refractivity contribution in [3.63, 3.8) is 0 Å². The quantitative estimate of drug-likeness (QED) is 0.604. The fourth-order valence-corrected chi connectivity index (χ4v) is 2.61. The number of hydrogen-bond acceptors (Lipinski definition) is 4. The first-order valence-electron chi connectivity index (χ1n) is 7.25. The number of carbonyl (C=O) groups is 1. The molecule has 4 rings (SSSR count). The summed E-state index contributed by atoms with van der Waals surface area (Å²) >= 11 is 0. The molecule has 0 fully saturated rings. The first-order valence-corrected chi connectivity index (χ1v) is 7.25. The van der Waals surface area contributed by atoms with Gasteiger partial charge in [0.1, 0.15) is 11.5 Å². The predicted molar refractivity (Wildman–Crippen MR) is 89.6 cm³/mol. The Morgan fingerprint density at radius 1 is 1.08 bits per heavy atom. The minimum atomic E-state index is -1.02. The highest BCUT2D eigenvalue weighted by atomic mass is 16.4. The summed E-state index contributed by atoms with van der Waals surface area (Å²) in [6.07, 6.45) is 5.13. The van der Waals surface area contributed by atoms with Crippen molar-refractivity contribution in [2.24, 2.45) is 0 Å². The van der Waals surface area contributed by atoms with Crippen LogP contribution in [0, 0.1) is 0 Å². The van der Waals surface area contributed by atoms with E-state index in [1.54, 1.807) is 21.7 Å². The summed E-state index contributed by atoms with van der Waals surface area (Å²) in [5.74, 6) is -0.295. The van der Waals surface area contributed by atoms with Crippen LogP contribution >= 0.6 is 0 Å². The van der Waals surface area contributed by atoms with Gasteiger partial charge < -0.3 is 10.8 Å². The minimum absolute atomic E-state index is 0.147. The molecule has 0 saturated heterocycles. The highest BCUT2D eigenvalue weighted by molar-refractivity contribution is 5.91. The minimum Gasteiger partial charge on any atom is -0.478 e. The number of benzene rings is 1. The van der Waals surface area contributed by atoms with E-state index in [1.807, 2.05) is 36.4 Å². The van der Waals surface area contributed by atoms with Crippen LogP contribution in [0.3, 0.4) is 0 Å². The number of anilines is 1. The zero-order chi connectivity index (χ0) is 16.7. The van der Waals surface area contributed by atoms with Gasteiger partial charge in [-0.2, -0.15) is 0 Å². The van der Waals surface area contributed by atoms with Crippen molar-refractivity contribution < 1.29 is 9.90 Å². The normalized spacial score (nSPS) is 11.0. The summed E-state index contributed by atoms with van der Waals surface area (Å²) in [5.41, 5.74) is 7.44. The Labute approximate surface area is 136 Å². The molecular weight excluding hydrogens is 306 g/mol. The second-order valence-corrected chi connectivity index (χ2v) is 5.28. The van der Waals surface area contributed by atoms with Crippen LogP contribution in [0.1, 0.15) is 10.4 Å². The Balaban J connectivity index is 1.97. The van der Waals surface area contributed by atoms with Crippen LogP contribution in [-0.2, 0) is 0 Å². The molecule has 0 atom stereocenters. The third-order valence-corrected chi connectivity index (χ3v) is 3.75. The van der Waals surface area contributed by atoms with Crippen LogP contribution < -0.4 is 5.73 Å². The van der Waals surface area contributed by atoms with Crippen LogP contribution in [-0.4, -0.2) is 30.4 Å². The molecule has 0 saturated carbocycles. The average molecular weight is 319 g/mol. The molecule has 7 nitrogen and oxygen atoms in total. The van der Waals surface area contributed by atoms with Gasteiger partial charge in [-0.3, -0.25) is 9.35 Å². The maximum Gasteiger partial charge on any atom is 0.337 e. The molecule has 0 aliphatic heterocycles. The van der Waals surface area contributed by atoms with Gasteiger partial charge in [-0.15, -0.1) is 0 Å². The Bertz CT molecular complexity index is 1050. The lowest BCUT2D eigenvalue weighted by Gasteiger charge is -2.10. The largest absolute Gasteiger partial charge is 0.478 e. The lowest BCUT2D eigenvalue weighted by molar-refractivity contribution is 0.0697. The Kier molecular flexibility index (Phi) is 3.06. The molecule has 118 valence electrons. The second kappa shape index (κ2) is 5.24. The van der Waals surface area contributed by atoms with E-state index >= 15 is 0 Å². The van der Waals surface area contributed by atoms with Crippen LogP contribution in [0.4, 0.5) is 5.82 Å². The van der Waals surface area contributed by atoms with Crippen molar-refractivity contribution in [3.8, 4) is 11.5 Å². The van der Waals surface area contributed by atoms with Crippen molar-refractivity contribution >= 4 is 22.7 Å². The first-order chi connectivity index (χ1) is 11.6. The van der Waals surface area contributed by atoms with E-state index in [1.165, 1.54) is 12.3 Å². The molecule has 0 radical (unpaired) electrons. The Morgan fingerprint density at radius 2 is 1.83 bits per heavy atom. The van der Waals surface area contributed by atoms with Crippen molar-refractivity contribution in [2.75, 3.05) is 5.73 Å². The maximum atomic E-state index is 11.4. The average Bonchev–Trinajstić information content (AvgIpc) is 3.24. The van der Waals surface area contributed by atoms with Gasteiger partial charge in [-0.05, 0) is 30.3 Å². The number of fused-ring (bicyclic) bond motifs is 1. The van der Waals surface area contributed by atoms with E-state index in [0.29, 0.717) is 22.9 Å². The zero-order valence-corrected chi connectivity index (χ0v) is 12.5. The van der Waals surface area contributed by atoms with Gasteiger partial charge in [-0.25, -0.2) is 14.8 Å². The summed E-state index contributed by atoms with van der Waals surface area (Å²) < 4.78 is 3.42. The molecule has 4 aromatic rings. The molecule has 24 heavy (non-hydrogen) atoms. The van der Waals surface area contributed by atoms with E-state index < -0.39 is 5.97 Å². The van der Waals surface area contributed by atoms with E-state index in [4.69, 9.17) is 5.73 Å².